The van der Waals surface area contributed by atoms with Crippen molar-refractivity contribution < 1.29 is 0 Å². The first-order chi connectivity index (χ1) is 14.4. The van der Waals surface area contributed by atoms with Crippen LogP contribution in [0.1, 0.15) is 145 Å². The number of rotatable bonds is 9. The van der Waals surface area contributed by atoms with Gasteiger partial charge in [-0.1, -0.05) is 93.9 Å². The summed E-state index contributed by atoms with van der Waals surface area (Å²) in [6.07, 6.45) is 21.0. The van der Waals surface area contributed by atoms with Crippen molar-refractivity contribution in [1.29, 1.82) is 0 Å². The van der Waals surface area contributed by atoms with Gasteiger partial charge in [-0.25, -0.2) is 0 Å². The van der Waals surface area contributed by atoms with Crippen molar-refractivity contribution in [2.45, 2.75) is 145 Å². The third-order valence-corrected chi connectivity index (χ3v) is 10.3. The lowest BCUT2D eigenvalue weighted by Gasteiger charge is -2.59. The minimum Gasteiger partial charge on any atom is -0.0683 e. The van der Waals surface area contributed by atoms with Crippen LogP contribution in [-0.4, -0.2) is 0 Å². The van der Waals surface area contributed by atoms with E-state index in [1.54, 1.807) is 32.1 Å². The van der Waals surface area contributed by atoms with E-state index in [0.29, 0.717) is 10.8 Å². The largest absolute Gasteiger partial charge is 0.0683 e. The maximum absolute atomic E-state index is 2.74. The number of fused-ring (bicyclic) bond motifs is 3. The Balaban J connectivity index is 0.00000155. The molecular weight excluding hydrogens is 360 g/mol. The third-order valence-electron chi connectivity index (χ3n) is 10.3. The van der Waals surface area contributed by atoms with Crippen LogP contribution < -0.4 is 0 Å². The van der Waals surface area contributed by atoms with Gasteiger partial charge >= 0.3 is 0 Å². The van der Waals surface area contributed by atoms with Gasteiger partial charge in [-0.15, -0.1) is 0 Å². The number of hydrogen-bond donors (Lipinski definition) is 0. The van der Waals surface area contributed by atoms with E-state index in [-0.39, 0.29) is 0 Å². The third kappa shape index (κ3) is 5.31. The molecule has 3 rings (SSSR count). The molecule has 3 aliphatic carbocycles. The van der Waals surface area contributed by atoms with Crippen molar-refractivity contribution in [3.63, 3.8) is 0 Å². The normalized spacial score (nSPS) is 40.5. The molecular formula is C30H58. The van der Waals surface area contributed by atoms with Crippen molar-refractivity contribution in [3.05, 3.63) is 0 Å². The van der Waals surface area contributed by atoms with Crippen LogP contribution in [0, 0.1) is 46.3 Å². The molecule has 0 aliphatic heterocycles. The maximum Gasteiger partial charge on any atom is -0.0266 e. The first-order valence-electron chi connectivity index (χ1n) is 14.4. The standard InChI is InChI=1S/C28H52.C2H6/c1-7-11-22-14-16-24-25-17-15-23(13-10-9-12-21(3)4)28(25,6)20-18-26(24)27(22,5)19-8-2;1-2/h21-26H,7-20H2,1-6H3;1-2H3. The van der Waals surface area contributed by atoms with Gasteiger partial charge in [-0.2, -0.15) is 0 Å². The average Bonchev–Trinajstić information content (AvgIpc) is 3.06. The van der Waals surface area contributed by atoms with Gasteiger partial charge in [0.05, 0.1) is 0 Å². The summed E-state index contributed by atoms with van der Waals surface area (Å²) < 4.78 is 0. The molecule has 30 heavy (non-hydrogen) atoms. The van der Waals surface area contributed by atoms with Crippen LogP contribution in [0.5, 0.6) is 0 Å². The predicted octanol–water partition coefficient (Wildman–Crippen LogP) is 10.3. The Labute approximate surface area is 191 Å². The van der Waals surface area contributed by atoms with E-state index in [9.17, 15) is 0 Å². The molecule has 3 saturated carbocycles. The van der Waals surface area contributed by atoms with Crippen molar-refractivity contribution in [2.75, 3.05) is 0 Å². The Morgan fingerprint density at radius 3 is 2.10 bits per heavy atom. The molecule has 0 aromatic carbocycles. The second-order valence-electron chi connectivity index (χ2n) is 12.2. The van der Waals surface area contributed by atoms with Crippen LogP contribution in [-0.2, 0) is 0 Å². The predicted molar refractivity (Wildman–Crippen MR) is 136 cm³/mol. The molecule has 0 heteroatoms. The smallest absolute Gasteiger partial charge is 0.0266 e. The maximum atomic E-state index is 2.74. The molecule has 0 amide bonds. The van der Waals surface area contributed by atoms with Gasteiger partial charge in [0.25, 0.3) is 0 Å². The van der Waals surface area contributed by atoms with Crippen LogP contribution in [0.25, 0.3) is 0 Å². The molecule has 0 radical (unpaired) electrons. The Morgan fingerprint density at radius 2 is 1.47 bits per heavy atom. The molecule has 178 valence electrons. The van der Waals surface area contributed by atoms with Crippen LogP contribution in [0.3, 0.4) is 0 Å². The van der Waals surface area contributed by atoms with E-state index >= 15 is 0 Å². The summed E-state index contributed by atoms with van der Waals surface area (Å²) in [6, 6.07) is 0. The molecule has 0 N–H and O–H groups in total. The van der Waals surface area contributed by atoms with E-state index in [0.717, 1.165) is 35.5 Å². The van der Waals surface area contributed by atoms with Crippen LogP contribution in [0.2, 0.25) is 0 Å². The first kappa shape index (κ1) is 26.3. The summed E-state index contributed by atoms with van der Waals surface area (Å²) in [4.78, 5) is 0. The fraction of sp³-hybridized carbons (Fsp3) is 1.00. The van der Waals surface area contributed by atoms with Crippen LogP contribution in [0.4, 0.5) is 0 Å². The fourth-order valence-corrected chi connectivity index (χ4v) is 8.81. The molecule has 0 saturated heterocycles. The molecule has 3 aliphatic rings. The second-order valence-corrected chi connectivity index (χ2v) is 12.2. The highest BCUT2D eigenvalue weighted by Crippen LogP contribution is 2.67. The minimum atomic E-state index is 0.643. The zero-order chi connectivity index (χ0) is 22.4. The fourth-order valence-electron chi connectivity index (χ4n) is 8.81. The second kappa shape index (κ2) is 11.7. The number of hydrogen-bond acceptors (Lipinski definition) is 0. The van der Waals surface area contributed by atoms with Gasteiger partial charge in [0.15, 0.2) is 0 Å². The topological polar surface area (TPSA) is 0 Å². The molecule has 3 fully saturated rings. The Hall–Kier alpha value is 0. The van der Waals surface area contributed by atoms with E-state index in [1.165, 1.54) is 57.8 Å². The molecule has 0 bridgehead atoms. The van der Waals surface area contributed by atoms with Crippen molar-refractivity contribution >= 4 is 0 Å². The Kier molecular flexibility index (Phi) is 10.3. The van der Waals surface area contributed by atoms with Gasteiger partial charge in [0.1, 0.15) is 0 Å². The Bertz CT molecular complexity index is 478. The quantitative estimate of drug-likeness (QED) is 0.326. The van der Waals surface area contributed by atoms with Crippen LogP contribution in [0.15, 0.2) is 0 Å². The summed E-state index contributed by atoms with van der Waals surface area (Å²) >= 11 is 0. The molecule has 0 nitrogen and oxygen atoms in total. The monoisotopic (exact) mass is 418 g/mol. The molecule has 0 heterocycles. The number of unbranched alkanes of at least 4 members (excludes halogenated alkanes) is 1. The van der Waals surface area contributed by atoms with Crippen molar-refractivity contribution in [3.8, 4) is 0 Å². The Morgan fingerprint density at radius 1 is 0.767 bits per heavy atom. The van der Waals surface area contributed by atoms with Gasteiger partial charge < -0.3 is 0 Å². The summed E-state index contributed by atoms with van der Waals surface area (Å²) in [5, 5.41) is 0. The van der Waals surface area contributed by atoms with E-state index in [4.69, 9.17) is 0 Å². The lowest BCUT2D eigenvalue weighted by Crippen LogP contribution is -2.51. The summed E-state index contributed by atoms with van der Waals surface area (Å²) in [6.45, 7) is 19.1. The van der Waals surface area contributed by atoms with E-state index in [1.807, 2.05) is 13.8 Å². The first-order valence-corrected chi connectivity index (χ1v) is 14.4. The zero-order valence-corrected chi connectivity index (χ0v) is 22.4. The zero-order valence-electron chi connectivity index (χ0n) is 22.4. The average molecular weight is 419 g/mol. The highest BCUT2D eigenvalue weighted by Gasteiger charge is 2.58. The highest BCUT2D eigenvalue weighted by molar-refractivity contribution is 5.07. The molecule has 0 aromatic rings. The van der Waals surface area contributed by atoms with E-state index < -0.39 is 0 Å². The van der Waals surface area contributed by atoms with Gasteiger partial charge in [0.2, 0.25) is 0 Å². The van der Waals surface area contributed by atoms with Gasteiger partial charge in [-0.05, 0) is 97.7 Å². The molecule has 0 spiro atoms. The van der Waals surface area contributed by atoms with Gasteiger partial charge in [-0.3, -0.25) is 0 Å². The summed E-state index contributed by atoms with van der Waals surface area (Å²) in [5.74, 6) is 6.09. The summed E-state index contributed by atoms with van der Waals surface area (Å²) in [5.41, 5.74) is 1.33. The van der Waals surface area contributed by atoms with Crippen molar-refractivity contribution in [2.24, 2.45) is 46.3 Å². The lowest BCUT2D eigenvalue weighted by molar-refractivity contribution is -0.102. The summed E-state index contributed by atoms with van der Waals surface area (Å²) in [7, 11) is 0. The lowest BCUT2D eigenvalue weighted by atomic mass is 9.46. The highest BCUT2D eigenvalue weighted by atomic mass is 14.6. The SMILES string of the molecule is CC.CCCC1CCC2C(CCC3(C)C(CCCCC(C)C)CCC23)C1(C)CCC. The van der Waals surface area contributed by atoms with Gasteiger partial charge in [0, 0.05) is 0 Å². The van der Waals surface area contributed by atoms with Crippen LogP contribution >= 0.6 is 0 Å². The molecule has 0 aromatic heterocycles. The minimum absolute atomic E-state index is 0.643. The van der Waals surface area contributed by atoms with Crippen molar-refractivity contribution in [1.82, 2.24) is 0 Å². The van der Waals surface area contributed by atoms with E-state index in [2.05, 4.69) is 41.5 Å². The molecule has 7 unspecified atom stereocenters. The molecule has 7 atom stereocenters.